The van der Waals surface area contributed by atoms with Gasteiger partial charge in [-0.25, -0.2) is 9.97 Å². The zero-order valence-electron chi connectivity index (χ0n) is 5.58. The second kappa shape index (κ2) is 2.47. The van der Waals surface area contributed by atoms with Crippen molar-refractivity contribution in [1.29, 1.82) is 0 Å². The van der Waals surface area contributed by atoms with Crippen LogP contribution < -0.4 is 0 Å². The van der Waals surface area contributed by atoms with Crippen molar-refractivity contribution in [3.8, 4) is 0 Å². The van der Waals surface area contributed by atoms with Crippen LogP contribution in [0.2, 0.25) is 5.02 Å². The summed E-state index contributed by atoms with van der Waals surface area (Å²) in [4.78, 5) is 7.77. The van der Waals surface area contributed by atoms with Gasteiger partial charge in [0.2, 0.25) is 0 Å². The highest BCUT2D eigenvalue weighted by Gasteiger charge is 1.96. The van der Waals surface area contributed by atoms with E-state index in [1.54, 1.807) is 6.07 Å². The molecule has 0 unspecified atom stereocenters. The van der Waals surface area contributed by atoms with Crippen molar-refractivity contribution in [3.63, 3.8) is 0 Å². The Morgan fingerprint density at radius 3 is 3.09 bits per heavy atom. The van der Waals surface area contributed by atoms with E-state index in [-0.39, 0.29) is 0 Å². The van der Waals surface area contributed by atoms with E-state index < -0.39 is 0 Å². The lowest BCUT2D eigenvalue weighted by Crippen LogP contribution is -1.80. The summed E-state index contributed by atoms with van der Waals surface area (Å²) in [5.41, 5.74) is 0.826. The molecule has 11 heavy (non-hydrogen) atoms. The third kappa shape index (κ3) is 1.05. The SMILES string of the molecule is Clc1cccc2ncn[c]c12. The van der Waals surface area contributed by atoms with Crippen LogP contribution in [0.1, 0.15) is 0 Å². The fourth-order valence-corrected chi connectivity index (χ4v) is 1.13. The van der Waals surface area contributed by atoms with E-state index in [0.29, 0.717) is 5.02 Å². The molecule has 0 fully saturated rings. The van der Waals surface area contributed by atoms with E-state index in [1.165, 1.54) is 6.33 Å². The van der Waals surface area contributed by atoms with E-state index in [9.17, 15) is 0 Å². The van der Waals surface area contributed by atoms with Gasteiger partial charge in [0.15, 0.2) is 0 Å². The first-order valence-corrected chi connectivity index (χ1v) is 3.52. The highest BCUT2D eigenvalue weighted by Crippen LogP contribution is 2.18. The summed E-state index contributed by atoms with van der Waals surface area (Å²) < 4.78 is 0. The molecule has 2 rings (SSSR count). The Labute approximate surface area is 68.9 Å². The maximum atomic E-state index is 5.85. The molecule has 0 bridgehead atoms. The molecule has 1 aromatic heterocycles. The number of aromatic nitrogens is 2. The van der Waals surface area contributed by atoms with Gasteiger partial charge < -0.3 is 0 Å². The van der Waals surface area contributed by atoms with Gasteiger partial charge >= 0.3 is 0 Å². The van der Waals surface area contributed by atoms with Crippen molar-refractivity contribution in [2.75, 3.05) is 0 Å². The fourth-order valence-electron chi connectivity index (χ4n) is 0.916. The Hall–Kier alpha value is -1.15. The van der Waals surface area contributed by atoms with Crippen LogP contribution in [0.4, 0.5) is 0 Å². The molecule has 0 aliphatic heterocycles. The minimum Gasteiger partial charge on any atom is -0.236 e. The van der Waals surface area contributed by atoms with Crippen molar-refractivity contribution in [2.45, 2.75) is 0 Å². The van der Waals surface area contributed by atoms with E-state index in [4.69, 9.17) is 11.6 Å². The largest absolute Gasteiger partial charge is 0.236 e. The molecule has 1 radical (unpaired) electrons. The van der Waals surface area contributed by atoms with Crippen LogP contribution in [0.3, 0.4) is 0 Å². The highest BCUT2D eigenvalue weighted by molar-refractivity contribution is 6.35. The summed E-state index contributed by atoms with van der Waals surface area (Å²) in [6, 6.07) is 5.52. The minimum atomic E-state index is 0.642. The molecule has 0 aliphatic rings. The predicted molar refractivity (Wildman–Crippen MR) is 43.4 cm³/mol. The second-order valence-corrected chi connectivity index (χ2v) is 2.53. The van der Waals surface area contributed by atoms with Crippen molar-refractivity contribution in [2.24, 2.45) is 0 Å². The van der Waals surface area contributed by atoms with Crippen molar-refractivity contribution >= 4 is 22.5 Å². The third-order valence-corrected chi connectivity index (χ3v) is 1.74. The Kier molecular flexibility index (Phi) is 1.47. The van der Waals surface area contributed by atoms with Crippen LogP contribution in [-0.4, -0.2) is 9.97 Å². The number of fused-ring (bicyclic) bond motifs is 1. The van der Waals surface area contributed by atoms with Crippen molar-refractivity contribution < 1.29 is 0 Å². The fraction of sp³-hybridized carbons (Fsp3) is 0. The van der Waals surface area contributed by atoms with E-state index in [0.717, 1.165) is 10.9 Å². The van der Waals surface area contributed by atoms with Gasteiger partial charge in [0.25, 0.3) is 0 Å². The van der Waals surface area contributed by atoms with Crippen LogP contribution in [0.25, 0.3) is 10.9 Å². The van der Waals surface area contributed by atoms with Crippen LogP contribution in [0, 0.1) is 6.20 Å². The van der Waals surface area contributed by atoms with Gasteiger partial charge in [-0.15, -0.1) is 0 Å². The molecule has 1 heterocycles. The lowest BCUT2D eigenvalue weighted by Gasteiger charge is -1.94. The molecule has 2 nitrogen and oxygen atoms in total. The average molecular weight is 164 g/mol. The summed E-state index contributed by atoms with van der Waals surface area (Å²) in [7, 11) is 0. The molecule has 0 N–H and O–H groups in total. The lowest BCUT2D eigenvalue weighted by molar-refractivity contribution is 1.21. The molecule has 0 saturated carbocycles. The molecule has 2 aromatic rings. The number of hydrogen-bond acceptors (Lipinski definition) is 2. The third-order valence-electron chi connectivity index (χ3n) is 1.42. The Balaban J connectivity index is 2.91. The average Bonchev–Trinajstić information content (AvgIpc) is 2.06. The standard InChI is InChI=1S/C8H4ClN2/c9-7-2-1-3-8-6(7)4-10-5-11-8/h1-3,5H. The first-order chi connectivity index (χ1) is 5.38. The molecule has 0 spiro atoms. The zero-order chi connectivity index (χ0) is 7.68. The van der Waals surface area contributed by atoms with Crippen LogP contribution in [0.15, 0.2) is 24.5 Å². The predicted octanol–water partition coefficient (Wildman–Crippen LogP) is 2.08. The Morgan fingerprint density at radius 2 is 2.27 bits per heavy atom. The number of benzene rings is 1. The van der Waals surface area contributed by atoms with Crippen molar-refractivity contribution in [3.05, 3.63) is 35.7 Å². The van der Waals surface area contributed by atoms with Gasteiger partial charge in [0.1, 0.15) is 12.5 Å². The summed E-state index contributed by atoms with van der Waals surface area (Å²) in [5, 5.41) is 1.42. The van der Waals surface area contributed by atoms with Crippen LogP contribution in [0.5, 0.6) is 0 Å². The zero-order valence-corrected chi connectivity index (χ0v) is 6.34. The molecule has 0 atom stereocenters. The molecular weight excluding hydrogens is 160 g/mol. The molecular formula is C8H4ClN2. The maximum Gasteiger partial charge on any atom is 0.116 e. The topological polar surface area (TPSA) is 25.8 Å². The summed E-state index contributed by atoms with van der Waals surface area (Å²) in [6.07, 6.45) is 4.23. The monoisotopic (exact) mass is 163 g/mol. The van der Waals surface area contributed by atoms with Crippen LogP contribution in [-0.2, 0) is 0 Å². The number of halogens is 1. The van der Waals surface area contributed by atoms with E-state index >= 15 is 0 Å². The van der Waals surface area contributed by atoms with Gasteiger partial charge in [-0.1, -0.05) is 17.7 Å². The number of rotatable bonds is 0. The summed E-state index contributed by atoms with van der Waals surface area (Å²) in [6.45, 7) is 0. The Bertz CT molecular complexity index is 381. The highest BCUT2D eigenvalue weighted by atomic mass is 35.5. The molecule has 3 heteroatoms. The van der Waals surface area contributed by atoms with Gasteiger partial charge in [0, 0.05) is 5.39 Å². The first-order valence-electron chi connectivity index (χ1n) is 3.15. The number of nitrogens with zero attached hydrogens (tertiary/aromatic N) is 2. The second-order valence-electron chi connectivity index (χ2n) is 2.12. The molecule has 0 aliphatic carbocycles. The molecule has 1 aromatic carbocycles. The van der Waals surface area contributed by atoms with Crippen molar-refractivity contribution in [1.82, 2.24) is 9.97 Å². The summed E-state index contributed by atoms with van der Waals surface area (Å²) >= 11 is 5.85. The number of hydrogen-bond donors (Lipinski definition) is 0. The van der Waals surface area contributed by atoms with Gasteiger partial charge in [0.05, 0.1) is 10.5 Å². The first kappa shape index (κ1) is 6.55. The van der Waals surface area contributed by atoms with E-state index in [1.807, 2.05) is 12.1 Å². The van der Waals surface area contributed by atoms with Gasteiger partial charge in [-0.3, -0.25) is 0 Å². The quantitative estimate of drug-likeness (QED) is 0.594. The Morgan fingerprint density at radius 1 is 1.36 bits per heavy atom. The minimum absolute atomic E-state index is 0.642. The smallest absolute Gasteiger partial charge is 0.116 e. The molecule has 0 amide bonds. The van der Waals surface area contributed by atoms with Gasteiger partial charge in [-0.05, 0) is 12.1 Å². The molecule has 0 saturated heterocycles. The molecule has 53 valence electrons. The van der Waals surface area contributed by atoms with Gasteiger partial charge in [-0.2, -0.15) is 0 Å². The summed E-state index contributed by atoms with van der Waals surface area (Å²) in [5.74, 6) is 0. The van der Waals surface area contributed by atoms with E-state index in [2.05, 4.69) is 16.2 Å². The lowest BCUT2D eigenvalue weighted by atomic mass is 10.2. The normalized spacial score (nSPS) is 10.3. The van der Waals surface area contributed by atoms with Crippen LogP contribution >= 0.6 is 11.6 Å². The maximum absolute atomic E-state index is 5.85.